The highest BCUT2D eigenvalue weighted by molar-refractivity contribution is 5.69. The van der Waals surface area contributed by atoms with E-state index < -0.39 is 5.97 Å². The number of hydrogen-bond donors (Lipinski definition) is 1. The van der Waals surface area contributed by atoms with Crippen molar-refractivity contribution in [3.8, 4) is 11.1 Å². The molecule has 0 aliphatic heterocycles. The van der Waals surface area contributed by atoms with Crippen molar-refractivity contribution in [2.45, 2.75) is 32.2 Å². The molecule has 1 N–H and O–H groups in total. The fraction of sp³-hybridized carbons (Fsp3) is 0.350. The van der Waals surface area contributed by atoms with Crippen LogP contribution < -0.4 is 0 Å². The summed E-state index contributed by atoms with van der Waals surface area (Å²) in [5, 5.41) is 9.02. The van der Waals surface area contributed by atoms with Gasteiger partial charge in [-0.15, -0.1) is 0 Å². The summed E-state index contributed by atoms with van der Waals surface area (Å²) in [7, 11) is 4.13. The van der Waals surface area contributed by atoms with Gasteiger partial charge in [-0.05, 0) is 48.7 Å². The van der Waals surface area contributed by atoms with Gasteiger partial charge in [0.1, 0.15) is 0 Å². The van der Waals surface area contributed by atoms with Crippen LogP contribution in [0, 0.1) is 0 Å². The van der Waals surface area contributed by atoms with Crippen LogP contribution in [0.3, 0.4) is 0 Å². The molecule has 1 atom stereocenters. The van der Waals surface area contributed by atoms with Crippen molar-refractivity contribution in [3.05, 3.63) is 59.7 Å². The molecule has 0 amide bonds. The van der Waals surface area contributed by atoms with E-state index in [2.05, 4.69) is 67.5 Å². The SMILES string of the molecule is CCC(CC(=O)O)c1ccc(-c2ccccc2CN(C)C)cc1. The van der Waals surface area contributed by atoms with Crippen LogP contribution in [0.2, 0.25) is 0 Å². The first kappa shape index (κ1) is 17.2. The van der Waals surface area contributed by atoms with Crippen molar-refractivity contribution in [2.24, 2.45) is 0 Å². The van der Waals surface area contributed by atoms with Crippen molar-refractivity contribution in [1.82, 2.24) is 4.90 Å². The van der Waals surface area contributed by atoms with Crippen molar-refractivity contribution >= 4 is 5.97 Å². The quantitative estimate of drug-likeness (QED) is 0.824. The molecule has 0 radical (unpaired) electrons. The zero-order valence-corrected chi connectivity index (χ0v) is 14.1. The van der Waals surface area contributed by atoms with Crippen molar-refractivity contribution in [3.63, 3.8) is 0 Å². The maximum absolute atomic E-state index is 11.0. The molecule has 122 valence electrons. The molecule has 3 heteroatoms. The Bertz CT molecular complexity index is 647. The van der Waals surface area contributed by atoms with E-state index in [4.69, 9.17) is 5.11 Å². The van der Waals surface area contributed by atoms with Crippen molar-refractivity contribution < 1.29 is 9.90 Å². The number of benzene rings is 2. The average Bonchev–Trinajstić information content (AvgIpc) is 2.53. The van der Waals surface area contributed by atoms with Crippen LogP contribution in [0.1, 0.15) is 36.8 Å². The number of carboxylic acid groups (broad SMARTS) is 1. The maximum Gasteiger partial charge on any atom is 0.303 e. The topological polar surface area (TPSA) is 40.5 Å². The summed E-state index contributed by atoms with van der Waals surface area (Å²) in [5.74, 6) is -0.657. The standard InChI is InChI=1S/C20H25NO2/c1-4-15(13-20(22)23)16-9-11-17(12-10-16)19-8-6-5-7-18(19)14-21(2)3/h5-12,15H,4,13-14H2,1-3H3,(H,22,23). The smallest absolute Gasteiger partial charge is 0.303 e. The number of rotatable bonds is 7. The number of aliphatic carboxylic acids is 1. The lowest BCUT2D eigenvalue weighted by atomic mass is 9.91. The number of hydrogen-bond acceptors (Lipinski definition) is 2. The zero-order valence-electron chi connectivity index (χ0n) is 14.1. The third-order valence-corrected chi connectivity index (χ3v) is 4.11. The molecule has 1 unspecified atom stereocenters. The molecule has 0 spiro atoms. The van der Waals surface area contributed by atoms with Gasteiger partial charge in [-0.2, -0.15) is 0 Å². The first-order valence-corrected chi connectivity index (χ1v) is 8.06. The Morgan fingerprint density at radius 1 is 1.09 bits per heavy atom. The fourth-order valence-corrected chi connectivity index (χ4v) is 2.92. The Hall–Kier alpha value is -2.13. The zero-order chi connectivity index (χ0) is 16.8. The molecule has 0 heterocycles. The van der Waals surface area contributed by atoms with E-state index in [1.165, 1.54) is 16.7 Å². The summed E-state index contributed by atoms with van der Waals surface area (Å²) >= 11 is 0. The highest BCUT2D eigenvalue weighted by Gasteiger charge is 2.14. The van der Waals surface area contributed by atoms with E-state index in [0.29, 0.717) is 0 Å². The Labute approximate surface area is 138 Å². The van der Waals surface area contributed by atoms with Crippen LogP contribution in [0.5, 0.6) is 0 Å². The summed E-state index contributed by atoms with van der Waals surface area (Å²) < 4.78 is 0. The number of carbonyl (C=O) groups is 1. The highest BCUT2D eigenvalue weighted by Crippen LogP contribution is 2.28. The predicted octanol–water partition coefficient (Wildman–Crippen LogP) is 4.38. The van der Waals surface area contributed by atoms with Crippen LogP contribution >= 0.6 is 0 Å². The second-order valence-electron chi connectivity index (χ2n) is 6.22. The van der Waals surface area contributed by atoms with Gasteiger partial charge in [-0.3, -0.25) is 4.79 Å². The Morgan fingerprint density at radius 3 is 2.30 bits per heavy atom. The molecular formula is C20H25NO2. The number of nitrogens with zero attached hydrogens (tertiary/aromatic N) is 1. The molecule has 3 nitrogen and oxygen atoms in total. The van der Waals surface area contributed by atoms with Gasteiger partial charge in [0.05, 0.1) is 6.42 Å². The van der Waals surface area contributed by atoms with E-state index in [1.54, 1.807) is 0 Å². The van der Waals surface area contributed by atoms with Gasteiger partial charge in [0.25, 0.3) is 0 Å². The Kier molecular flexibility index (Phi) is 5.94. The van der Waals surface area contributed by atoms with Crippen molar-refractivity contribution in [1.29, 1.82) is 0 Å². The van der Waals surface area contributed by atoms with Gasteiger partial charge in [-0.25, -0.2) is 0 Å². The lowest BCUT2D eigenvalue weighted by Gasteiger charge is -2.16. The highest BCUT2D eigenvalue weighted by atomic mass is 16.4. The van der Waals surface area contributed by atoms with Crippen LogP contribution in [-0.2, 0) is 11.3 Å². The summed E-state index contributed by atoms with van der Waals surface area (Å²) in [6, 6.07) is 16.8. The van der Waals surface area contributed by atoms with Crippen molar-refractivity contribution in [2.75, 3.05) is 14.1 Å². The fourth-order valence-electron chi connectivity index (χ4n) is 2.92. The minimum absolute atomic E-state index is 0.0820. The van der Waals surface area contributed by atoms with Crippen LogP contribution in [0.25, 0.3) is 11.1 Å². The van der Waals surface area contributed by atoms with E-state index in [-0.39, 0.29) is 12.3 Å². The summed E-state index contributed by atoms with van der Waals surface area (Å²) in [6.07, 6.45) is 1.02. The average molecular weight is 311 g/mol. The third-order valence-electron chi connectivity index (χ3n) is 4.11. The molecule has 0 saturated heterocycles. The maximum atomic E-state index is 11.0. The molecule has 0 aliphatic rings. The molecule has 0 bridgehead atoms. The van der Waals surface area contributed by atoms with E-state index in [0.717, 1.165) is 18.5 Å². The third kappa shape index (κ3) is 4.67. The largest absolute Gasteiger partial charge is 0.481 e. The Morgan fingerprint density at radius 2 is 1.74 bits per heavy atom. The lowest BCUT2D eigenvalue weighted by Crippen LogP contribution is -2.11. The van der Waals surface area contributed by atoms with Gasteiger partial charge < -0.3 is 10.0 Å². The van der Waals surface area contributed by atoms with Crippen LogP contribution in [0.15, 0.2) is 48.5 Å². The lowest BCUT2D eigenvalue weighted by molar-refractivity contribution is -0.137. The first-order valence-electron chi connectivity index (χ1n) is 8.06. The predicted molar refractivity (Wildman–Crippen MR) is 94.6 cm³/mol. The normalized spacial score (nSPS) is 12.3. The van der Waals surface area contributed by atoms with Gasteiger partial charge in [0, 0.05) is 6.54 Å². The number of carboxylic acids is 1. The molecular weight excluding hydrogens is 286 g/mol. The first-order chi connectivity index (χ1) is 11.0. The van der Waals surface area contributed by atoms with E-state index >= 15 is 0 Å². The molecule has 2 rings (SSSR count). The minimum atomic E-state index is -0.739. The molecule has 0 aliphatic carbocycles. The van der Waals surface area contributed by atoms with Crippen LogP contribution in [-0.4, -0.2) is 30.1 Å². The second kappa shape index (κ2) is 7.93. The van der Waals surface area contributed by atoms with Crippen LogP contribution in [0.4, 0.5) is 0 Å². The van der Waals surface area contributed by atoms with Gasteiger partial charge >= 0.3 is 5.97 Å². The van der Waals surface area contributed by atoms with Gasteiger partial charge in [-0.1, -0.05) is 55.5 Å². The van der Waals surface area contributed by atoms with Gasteiger partial charge in [0.15, 0.2) is 0 Å². The van der Waals surface area contributed by atoms with E-state index in [9.17, 15) is 4.79 Å². The molecule has 0 aromatic heterocycles. The molecule has 2 aromatic rings. The molecule has 0 fully saturated rings. The van der Waals surface area contributed by atoms with Gasteiger partial charge in [0.2, 0.25) is 0 Å². The Balaban J connectivity index is 2.28. The minimum Gasteiger partial charge on any atom is -0.481 e. The summed E-state index contributed by atoms with van der Waals surface area (Å²) in [4.78, 5) is 13.1. The monoisotopic (exact) mass is 311 g/mol. The molecule has 2 aromatic carbocycles. The summed E-state index contributed by atoms with van der Waals surface area (Å²) in [5.41, 5.74) is 4.81. The second-order valence-corrected chi connectivity index (χ2v) is 6.22. The van der Waals surface area contributed by atoms with E-state index in [1.807, 2.05) is 6.92 Å². The molecule has 0 saturated carbocycles. The molecule has 23 heavy (non-hydrogen) atoms. The summed E-state index contributed by atoms with van der Waals surface area (Å²) in [6.45, 7) is 2.93.